The van der Waals surface area contributed by atoms with Crippen molar-refractivity contribution in [2.75, 3.05) is 5.32 Å². The molecule has 9 heteroatoms. The fraction of sp³-hybridized carbons (Fsp3) is 0.100. The van der Waals surface area contributed by atoms with E-state index in [9.17, 15) is 18.0 Å². The second-order valence-electron chi connectivity index (χ2n) is 6.28. The number of thiophene rings is 1. The number of carbonyl (C=O) groups is 1. The van der Waals surface area contributed by atoms with Gasteiger partial charge in [-0.1, -0.05) is 35.9 Å². The Morgan fingerprint density at radius 1 is 1.10 bits per heavy atom. The molecule has 0 saturated carbocycles. The van der Waals surface area contributed by atoms with Crippen LogP contribution in [0.15, 0.2) is 60.0 Å². The highest BCUT2D eigenvalue weighted by atomic mass is 35.5. The van der Waals surface area contributed by atoms with Crippen LogP contribution < -0.4 is 5.32 Å². The molecule has 0 fully saturated rings. The van der Waals surface area contributed by atoms with Gasteiger partial charge in [0.05, 0.1) is 23.2 Å². The van der Waals surface area contributed by atoms with Crippen molar-refractivity contribution in [3.63, 3.8) is 0 Å². The van der Waals surface area contributed by atoms with Crippen LogP contribution in [-0.4, -0.2) is 15.7 Å². The second kappa shape index (κ2) is 7.53. The summed E-state index contributed by atoms with van der Waals surface area (Å²) < 4.78 is 40.3. The van der Waals surface area contributed by atoms with Crippen LogP contribution in [-0.2, 0) is 12.7 Å². The highest BCUT2D eigenvalue weighted by Crippen LogP contribution is 2.30. The minimum absolute atomic E-state index is 0.258. The molecule has 0 aliphatic carbocycles. The van der Waals surface area contributed by atoms with E-state index >= 15 is 0 Å². The van der Waals surface area contributed by atoms with Crippen LogP contribution in [0.5, 0.6) is 0 Å². The predicted octanol–water partition coefficient (Wildman–Crippen LogP) is 6.07. The molecule has 0 spiro atoms. The number of nitrogens with one attached hydrogen (secondary N) is 1. The van der Waals surface area contributed by atoms with E-state index in [-0.39, 0.29) is 12.5 Å². The van der Waals surface area contributed by atoms with E-state index in [1.54, 1.807) is 16.1 Å². The Morgan fingerprint density at radius 2 is 1.83 bits per heavy atom. The van der Waals surface area contributed by atoms with Crippen molar-refractivity contribution in [1.29, 1.82) is 0 Å². The van der Waals surface area contributed by atoms with E-state index in [2.05, 4.69) is 10.4 Å². The van der Waals surface area contributed by atoms with Gasteiger partial charge < -0.3 is 5.32 Å². The molecule has 2 aromatic heterocycles. The SMILES string of the molecule is O=C(Nc1nn(Cc2ccc(C(F)(F)F)cc2)c2ccccc12)c1ccsc1Cl. The van der Waals surface area contributed by atoms with Gasteiger partial charge in [-0.2, -0.15) is 18.3 Å². The zero-order valence-corrected chi connectivity index (χ0v) is 16.3. The van der Waals surface area contributed by atoms with Crippen LogP contribution >= 0.6 is 22.9 Å². The number of benzene rings is 2. The number of hydrogen-bond acceptors (Lipinski definition) is 3. The predicted molar refractivity (Wildman–Crippen MR) is 108 cm³/mol. The van der Waals surface area contributed by atoms with Crippen LogP contribution in [0, 0.1) is 0 Å². The average Bonchev–Trinajstić information content (AvgIpc) is 3.26. The zero-order chi connectivity index (χ0) is 20.6. The molecule has 4 rings (SSSR count). The van der Waals surface area contributed by atoms with E-state index in [4.69, 9.17) is 11.6 Å². The molecular formula is C20H13ClF3N3OS. The summed E-state index contributed by atoms with van der Waals surface area (Å²) in [6, 6.07) is 13.9. The van der Waals surface area contributed by atoms with Crippen LogP contribution in [0.1, 0.15) is 21.5 Å². The molecule has 2 aromatic carbocycles. The number of aromatic nitrogens is 2. The van der Waals surface area contributed by atoms with Crippen molar-refractivity contribution >= 4 is 45.6 Å². The summed E-state index contributed by atoms with van der Waals surface area (Å²) in [6.45, 7) is 0.258. The summed E-state index contributed by atoms with van der Waals surface area (Å²) in [5.74, 6) is -0.0130. The minimum atomic E-state index is -4.38. The Balaban J connectivity index is 1.64. The Labute approximate surface area is 172 Å². The lowest BCUT2D eigenvalue weighted by Crippen LogP contribution is -2.12. The number of alkyl halides is 3. The lowest BCUT2D eigenvalue weighted by molar-refractivity contribution is -0.137. The standard InChI is InChI=1S/C20H13ClF3N3OS/c21-17-15(9-10-29-17)19(28)25-18-14-3-1-2-4-16(14)27(26-18)11-12-5-7-13(8-6-12)20(22,23)24/h1-10H,11H2,(H,25,26,28). The molecule has 0 radical (unpaired) electrons. The summed E-state index contributed by atoms with van der Waals surface area (Å²) in [6.07, 6.45) is -4.38. The van der Waals surface area contributed by atoms with Crippen molar-refractivity contribution < 1.29 is 18.0 Å². The Bertz CT molecular complexity index is 1180. The third-order valence-corrected chi connectivity index (χ3v) is 5.54. The van der Waals surface area contributed by atoms with Crippen LogP contribution in [0.25, 0.3) is 10.9 Å². The largest absolute Gasteiger partial charge is 0.416 e. The third kappa shape index (κ3) is 3.99. The van der Waals surface area contributed by atoms with Gasteiger partial charge in [0, 0.05) is 5.39 Å². The highest BCUT2D eigenvalue weighted by molar-refractivity contribution is 7.14. The van der Waals surface area contributed by atoms with Crippen LogP contribution in [0.3, 0.4) is 0 Å². The van der Waals surface area contributed by atoms with Gasteiger partial charge in [0.1, 0.15) is 4.34 Å². The van der Waals surface area contributed by atoms with E-state index in [0.717, 1.165) is 23.0 Å². The van der Waals surface area contributed by atoms with Gasteiger partial charge in [-0.05, 0) is 41.3 Å². The molecule has 0 unspecified atom stereocenters. The second-order valence-corrected chi connectivity index (χ2v) is 7.80. The van der Waals surface area contributed by atoms with E-state index in [0.29, 0.717) is 21.3 Å². The molecule has 148 valence electrons. The molecule has 0 saturated heterocycles. The molecule has 4 aromatic rings. The quantitative estimate of drug-likeness (QED) is 0.423. The first-order chi connectivity index (χ1) is 13.8. The van der Waals surface area contributed by atoms with E-state index < -0.39 is 11.7 Å². The average molecular weight is 436 g/mol. The van der Waals surface area contributed by atoms with Gasteiger partial charge in [0.25, 0.3) is 5.91 Å². The Kier molecular flexibility index (Phi) is 5.06. The molecule has 1 N–H and O–H groups in total. The molecule has 0 atom stereocenters. The van der Waals surface area contributed by atoms with Gasteiger partial charge >= 0.3 is 6.18 Å². The minimum Gasteiger partial charge on any atom is -0.304 e. The molecular weight excluding hydrogens is 423 g/mol. The normalized spacial score (nSPS) is 11.7. The molecule has 29 heavy (non-hydrogen) atoms. The number of rotatable bonds is 4. The monoisotopic (exact) mass is 435 g/mol. The first kappa shape index (κ1) is 19.5. The van der Waals surface area contributed by atoms with Gasteiger partial charge in [-0.25, -0.2) is 0 Å². The maximum absolute atomic E-state index is 12.8. The maximum Gasteiger partial charge on any atom is 0.416 e. The van der Waals surface area contributed by atoms with E-state index in [1.165, 1.54) is 23.5 Å². The summed E-state index contributed by atoms with van der Waals surface area (Å²) in [7, 11) is 0. The molecule has 1 amide bonds. The van der Waals surface area contributed by atoms with Gasteiger partial charge in [-0.15, -0.1) is 11.3 Å². The fourth-order valence-corrected chi connectivity index (χ4v) is 3.86. The summed E-state index contributed by atoms with van der Waals surface area (Å²) in [5, 5.41) is 9.67. The number of para-hydroxylation sites is 1. The van der Waals surface area contributed by atoms with Gasteiger partial charge in [0.15, 0.2) is 5.82 Å². The van der Waals surface area contributed by atoms with E-state index in [1.807, 2.05) is 24.3 Å². The van der Waals surface area contributed by atoms with Crippen molar-refractivity contribution in [3.05, 3.63) is 81.0 Å². The van der Waals surface area contributed by atoms with Crippen molar-refractivity contribution in [2.24, 2.45) is 0 Å². The van der Waals surface area contributed by atoms with Crippen molar-refractivity contribution in [2.45, 2.75) is 12.7 Å². The molecule has 0 aliphatic heterocycles. The Morgan fingerprint density at radius 3 is 2.48 bits per heavy atom. The van der Waals surface area contributed by atoms with Crippen LogP contribution in [0.2, 0.25) is 4.34 Å². The topological polar surface area (TPSA) is 46.9 Å². The number of nitrogens with zero attached hydrogens (tertiary/aromatic N) is 2. The maximum atomic E-state index is 12.8. The third-order valence-electron chi connectivity index (χ3n) is 4.37. The number of anilines is 1. The lowest BCUT2D eigenvalue weighted by Gasteiger charge is -2.08. The summed E-state index contributed by atoms with van der Waals surface area (Å²) >= 11 is 7.28. The zero-order valence-electron chi connectivity index (χ0n) is 14.7. The highest BCUT2D eigenvalue weighted by Gasteiger charge is 2.30. The smallest absolute Gasteiger partial charge is 0.304 e. The number of carbonyl (C=O) groups excluding carboxylic acids is 1. The number of fused-ring (bicyclic) bond motifs is 1. The number of halogens is 4. The van der Waals surface area contributed by atoms with Gasteiger partial charge in [-0.3, -0.25) is 9.48 Å². The first-order valence-corrected chi connectivity index (χ1v) is 9.75. The number of hydrogen-bond donors (Lipinski definition) is 1. The molecule has 4 nitrogen and oxygen atoms in total. The first-order valence-electron chi connectivity index (χ1n) is 8.49. The Hall–Kier alpha value is -2.84. The van der Waals surface area contributed by atoms with Gasteiger partial charge in [0.2, 0.25) is 0 Å². The summed E-state index contributed by atoms with van der Waals surface area (Å²) in [4.78, 5) is 12.5. The lowest BCUT2D eigenvalue weighted by atomic mass is 10.1. The van der Waals surface area contributed by atoms with Crippen molar-refractivity contribution in [3.8, 4) is 0 Å². The fourth-order valence-electron chi connectivity index (χ4n) is 2.94. The number of amides is 1. The summed E-state index contributed by atoms with van der Waals surface area (Å²) in [5.41, 5.74) is 1.06. The molecule has 2 heterocycles. The molecule has 0 bridgehead atoms. The van der Waals surface area contributed by atoms with Crippen LogP contribution in [0.4, 0.5) is 19.0 Å². The molecule has 0 aliphatic rings. The van der Waals surface area contributed by atoms with Crippen molar-refractivity contribution in [1.82, 2.24) is 9.78 Å².